The molecule has 0 saturated heterocycles. The maximum absolute atomic E-state index is 12.3. The Balaban J connectivity index is 1.75. The second-order valence-corrected chi connectivity index (χ2v) is 6.07. The molecule has 24 heavy (non-hydrogen) atoms. The van der Waals surface area contributed by atoms with E-state index < -0.39 is 0 Å². The van der Waals surface area contributed by atoms with Crippen LogP contribution in [-0.4, -0.2) is 11.7 Å². The topological polar surface area (TPSA) is 58.2 Å². The Bertz CT molecular complexity index is 829. The van der Waals surface area contributed by atoms with E-state index in [1.807, 2.05) is 37.3 Å². The highest BCUT2D eigenvalue weighted by molar-refractivity contribution is 6.34. The van der Waals surface area contributed by atoms with Gasteiger partial charge >= 0.3 is 0 Å². The fourth-order valence-corrected chi connectivity index (χ4v) is 2.88. The SMILES string of the molecule is CC1=C(Nc2ccc(C(=O)Nc3ccccc3)c(Cl)c2)CCC1=O. The molecule has 3 rings (SSSR count). The Morgan fingerprint density at radius 3 is 2.42 bits per heavy atom. The molecule has 0 saturated carbocycles. The highest BCUT2D eigenvalue weighted by atomic mass is 35.5. The Morgan fingerprint density at radius 1 is 1.04 bits per heavy atom. The average molecular weight is 341 g/mol. The number of nitrogens with one attached hydrogen (secondary N) is 2. The molecule has 0 fully saturated rings. The fraction of sp³-hybridized carbons (Fsp3) is 0.158. The van der Waals surface area contributed by atoms with Crippen molar-refractivity contribution < 1.29 is 9.59 Å². The molecule has 122 valence electrons. The number of halogens is 1. The number of para-hydroxylation sites is 1. The molecule has 1 aliphatic rings. The van der Waals surface area contributed by atoms with Crippen LogP contribution in [0.1, 0.15) is 30.1 Å². The van der Waals surface area contributed by atoms with Gasteiger partial charge in [-0.25, -0.2) is 0 Å². The van der Waals surface area contributed by atoms with Crippen molar-refractivity contribution in [1.82, 2.24) is 0 Å². The number of Topliss-reactive ketones (excluding diaryl/α,β-unsaturated/α-hetero) is 1. The third-order valence-corrected chi connectivity index (χ3v) is 4.33. The van der Waals surface area contributed by atoms with E-state index >= 15 is 0 Å². The first-order valence-electron chi connectivity index (χ1n) is 7.70. The van der Waals surface area contributed by atoms with Gasteiger partial charge in [0, 0.05) is 29.1 Å². The minimum Gasteiger partial charge on any atom is -0.359 e. The summed E-state index contributed by atoms with van der Waals surface area (Å²) in [7, 11) is 0. The summed E-state index contributed by atoms with van der Waals surface area (Å²) in [5.74, 6) is -0.0911. The van der Waals surface area contributed by atoms with Crippen molar-refractivity contribution >= 4 is 34.7 Å². The molecule has 0 unspecified atom stereocenters. The maximum Gasteiger partial charge on any atom is 0.257 e. The Morgan fingerprint density at radius 2 is 1.79 bits per heavy atom. The number of hydrogen-bond acceptors (Lipinski definition) is 3. The summed E-state index contributed by atoms with van der Waals surface area (Å²) in [5, 5.41) is 6.38. The lowest BCUT2D eigenvalue weighted by atomic mass is 10.1. The molecule has 0 bridgehead atoms. The minimum atomic E-state index is -0.260. The molecule has 0 atom stereocenters. The van der Waals surface area contributed by atoms with Gasteiger partial charge < -0.3 is 10.6 Å². The van der Waals surface area contributed by atoms with E-state index in [1.165, 1.54) is 0 Å². The first-order valence-corrected chi connectivity index (χ1v) is 8.08. The summed E-state index contributed by atoms with van der Waals surface area (Å²) in [6.07, 6.45) is 1.25. The summed E-state index contributed by atoms with van der Waals surface area (Å²) < 4.78 is 0. The van der Waals surface area contributed by atoms with Crippen molar-refractivity contribution in [3.63, 3.8) is 0 Å². The summed E-state index contributed by atoms with van der Waals surface area (Å²) >= 11 is 6.26. The van der Waals surface area contributed by atoms with Gasteiger partial charge in [0.2, 0.25) is 0 Å². The van der Waals surface area contributed by atoms with E-state index in [0.29, 0.717) is 29.1 Å². The molecule has 1 amide bonds. The Hall–Kier alpha value is -2.59. The lowest BCUT2D eigenvalue weighted by Gasteiger charge is -2.11. The minimum absolute atomic E-state index is 0.169. The van der Waals surface area contributed by atoms with E-state index in [4.69, 9.17) is 11.6 Å². The molecule has 2 aromatic rings. The normalized spacial score (nSPS) is 14.0. The number of carbonyl (C=O) groups excluding carboxylic acids is 2. The van der Waals surface area contributed by atoms with Crippen LogP contribution in [-0.2, 0) is 4.79 Å². The molecule has 2 aromatic carbocycles. The zero-order valence-corrected chi connectivity index (χ0v) is 14.0. The van der Waals surface area contributed by atoms with Gasteiger partial charge in [-0.15, -0.1) is 0 Å². The summed E-state index contributed by atoms with van der Waals surface area (Å²) in [6.45, 7) is 1.82. The number of allylic oxidation sites excluding steroid dienone is 2. The molecule has 1 aliphatic carbocycles. The molecule has 0 spiro atoms. The van der Waals surface area contributed by atoms with Crippen LogP contribution in [0.4, 0.5) is 11.4 Å². The van der Waals surface area contributed by atoms with Crippen LogP contribution in [0.5, 0.6) is 0 Å². The predicted molar refractivity (Wildman–Crippen MR) is 96.4 cm³/mol. The lowest BCUT2D eigenvalue weighted by molar-refractivity contribution is -0.114. The zero-order chi connectivity index (χ0) is 17.1. The van der Waals surface area contributed by atoms with Crippen LogP contribution in [0, 0.1) is 0 Å². The third-order valence-electron chi connectivity index (χ3n) is 4.01. The summed E-state index contributed by atoms with van der Waals surface area (Å²) in [4.78, 5) is 23.9. The van der Waals surface area contributed by atoms with Gasteiger partial charge in [-0.2, -0.15) is 0 Å². The quantitative estimate of drug-likeness (QED) is 0.852. The molecule has 4 nitrogen and oxygen atoms in total. The second-order valence-electron chi connectivity index (χ2n) is 5.67. The standard InChI is InChI=1S/C19H17ClN2O2/c1-12-17(9-10-18(12)23)21-14-7-8-15(16(20)11-14)19(24)22-13-5-3-2-4-6-13/h2-8,11,21H,9-10H2,1H3,(H,22,24). The summed E-state index contributed by atoms with van der Waals surface area (Å²) in [5.41, 5.74) is 3.56. The molecule has 2 N–H and O–H groups in total. The van der Waals surface area contributed by atoms with Crippen molar-refractivity contribution in [3.8, 4) is 0 Å². The maximum atomic E-state index is 12.3. The van der Waals surface area contributed by atoms with E-state index in [9.17, 15) is 9.59 Å². The second kappa shape index (κ2) is 6.89. The molecule has 0 heterocycles. The molecule has 0 radical (unpaired) electrons. The van der Waals surface area contributed by atoms with Gasteiger partial charge in [-0.05, 0) is 43.7 Å². The van der Waals surface area contributed by atoms with E-state index in [0.717, 1.165) is 17.0 Å². The predicted octanol–water partition coefficient (Wildman–Crippen LogP) is 4.64. The number of benzene rings is 2. The molecule has 0 aliphatic heterocycles. The van der Waals surface area contributed by atoms with Crippen molar-refractivity contribution in [2.75, 3.05) is 10.6 Å². The largest absolute Gasteiger partial charge is 0.359 e. The van der Waals surface area contributed by atoms with Crippen LogP contribution in [0.3, 0.4) is 0 Å². The van der Waals surface area contributed by atoms with Crippen molar-refractivity contribution in [3.05, 3.63) is 70.4 Å². The van der Waals surface area contributed by atoms with Crippen LogP contribution >= 0.6 is 11.6 Å². The monoisotopic (exact) mass is 340 g/mol. The van der Waals surface area contributed by atoms with Crippen molar-refractivity contribution in [1.29, 1.82) is 0 Å². The van der Waals surface area contributed by atoms with E-state index in [2.05, 4.69) is 10.6 Å². The van der Waals surface area contributed by atoms with Gasteiger partial charge in [0.05, 0.1) is 10.6 Å². The molecular weight excluding hydrogens is 324 g/mol. The Labute approximate surface area is 145 Å². The average Bonchev–Trinajstić information content (AvgIpc) is 2.88. The first kappa shape index (κ1) is 16.3. The van der Waals surface area contributed by atoms with Crippen LogP contribution in [0.15, 0.2) is 59.8 Å². The molecule has 0 aromatic heterocycles. The highest BCUT2D eigenvalue weighted by Gasteiger charge is 2.19. The lowest BCUT2D eigenvalue weighted by Crippen LogP contribution is -2.12. The van der Waals surface area contributed by atoms with E-state index in [1.54, 1.807) is 18.2 Å². The first-order chi connectivity index (χ1) is 11.5. The van der Waals surface area contributed by atoms with Gasteiger partial charge in [-0.1, -0.05) is 29.8 Å². The van der Waals surface area contributed by atoms with Gasteiger partial charge in [0.1, 0.15) is 0 Å². The fourth-order valence-electron chi connectivity index (χ4n) is 2.61. The Kier molecular flexibility index (Phi) is 4.67. The number of carbonyl (C=O) groups is 2. The number of hydrogen-bond donors (Lipinski definition) is 2. The number of ketones is 1. The van der Waals surface area contributed by atoms with Gasteiger partial charge in [0.25, 0.3) is 5.91 Å². The van der Waals surface area contributed by atoms with Crippen LogP contribution < -0.4 is 10.6 Å². The molecule has 5 heteroatoms. The third kappa shape index (κ3) is 3.49. The van der Waals surface area contributed by atoms with Crippen LogP contribution in [0.25, 0.3) is 0 Å². The number of anilines is 2. The zero-order valence-electron chi connectivity index (χ0n) is 13.2. The molecular formula is C19H17ClN2O2. The van der Waals surface area contributed by atoms with Gasteiger partial charge in [-0.3, -0.25) is 9.59 Å². The van der Waals surface area contributed by atoms with Crippen molar-refractivity contribution in [2.45, 2.75) is 19.8 Å². The highest BCUT2D eigenvalue weighted by Crippen LogP contribution is 2.27. The smallest absolute Gasteiger partial charge is 0.257 e. The van der Waals surface area contributed by atoms with Gasteiger partial charge in [0.15, 0.2) is 5.78 Å². The number of amides is 1. The van der Waals surface area contributed by atoms with E-state index in [-0.39, 0.29) is 11.7 Å². The van der Waals surface area contributed by atoms with Crippen molar-refractivity contribution in [2.24, 2.45) is 0 Å². The van der Waals surface area contributed by atoms with Crippen LogP contribution in [0.2, 0.25) is 5.02 Å². The number of rotatable bonds is 4. The summed E-state index contributed by atoms with van der Waals surface area (Å²) in [6, 6.07) is 14.4.